The van der Waals surface area contributed by atoms with Crippen LogP contribution >= 0.6 is 0 Å². The summed E-state index contributed by atoms with van der Waals surface area (Å²) in [6.45, 7) is 0. The molecule has 0 spiro atoms. The molecule has 0 fully saturated rings. The minimum atomic E-state index is -2.57. The van der Waals surface area contributed by atoms with Gasteiger partial charge in [-0.15, -0.1) is 0 Å². The molecule has 0 unspecified atom stereocenters. The van der Waals surface area contributed by atoms with Crippen LogP contribution in [-0.4, -0.2) is 22.0 Å². The molecule has 19 heavy (non-hydrogen) atoms. The van der Waals surface area contributed by atoms with E-state index in [4.69, 9.17) is 0 Å². The molecular formula is C15H12O4. The van der Waals surface area contributed by atoms with Crippen LogP contribution in [0.5, 0.6) is 0 Å². The first-order valence-electron chi connectivity index (χ1n) is 5.68. The van der Waals surface area contributed by atoms with Crippen LogP contribution in [-0.2, 0) is 10.4 Å². The lowest BCUT2D eigenvalue weighted by molar-refractivity contribution is -0.154. The summed E-state index contributed by atoms with van der Waals surface area (Å²) in [5.74, 6) is -2.45. The Balaban J connectivity index is 2.53. The molecule has 0 amide bonds. The summed E-state index contributed by atoms with van der Waals surface area (Å²) < 4.78 is 0. The summed E-state index contributed by atoms with van der Waals surface area (Å²) in [6, 6.07) is 15.5. The van der Waals surface area contributed by atoms with Crippen molar-refractivity contribution in [3.8, 4) is 0 Å². The molecule has 0 heterocycles. The van der Waals surface area contributed by atoms with Crippen LogP contribution in [0.25, 0.3) is 0 Å². The van der Waals surface area contributed by atoms with Crippen LogP contribution in [0, 0.1) is 0 Å². The van der Waals surface area contributed by atoms with E-state index in [1.54, 1.807) is 36.4 Å². The van der Waals surface area contributed by atoms with Crippen molar-refractivity contribution in [2.45, 2.75) is 5.60 Å². The van der Waals surface area contributed by atoms with E-state index in [1.165, 1.54) is 24.3 Å². The van der Waals surface area contributed by atoms with Gasteiger partial charge >= 0.3 is 5.97 Å². The number of carbonyl (C=O) groups is 2. The first kappa shape index (κ1) is 13.0. The van der Waals surface area contributed by atoms with Crippen LogP contribution in [0.3, 0.4) is 0 Å². The number of carbonyl (C=O) groups excluding carboxylic acids is 1. The average molecular weight is 256 g/mol. The van der Waals surface area contributed by atoms with E-state index in [9.17, 15) is 19.8 Å². The minimum absolute atomic E-state index is 0.0383. The molecule has 0 radical (unpaired) electrons. The van der Waals surface area contributed by atoms with E-state index < -0.39 is 17.4 Å². The lowest BCUT2D eigenvalue weighted by Crippen LogP contribution is -2.43. The molecule has 0 aliphatic rings. The smallest absolute Gasteiger partial charge is 0.348 e. The summed E-state index contributed by atoms with van der Waals surface area (Å²) in [4.78, 5) is 23.6. The highest BCUT2D eigenvalue weighted by atomic mass is 16.4. The second-order valence-electron chi connectivity index (χ2n) is 4.08. The van der Waals surface area contributed by atoms with Gasteiger partial charge in [0.15, 0.2) is 0 Å². The van der Waals surface area contributed by atoms with Crippen LogP contribution in [0.15, 0.2) is 60.7 Å². The molecule has 0 aliphatic heterocycles. The fourth-order valence-electron chi connectivity index (χ4n) is 1.83. The quantitative estimate of drug-likeness (QED) is 0.646. The van der Waals surface area contributed by atoms with Crippen molar-refractivity contribution in [2.75, 3.05) is 0 Å². The predicted molar refractivity (Wildman–Crippen MR) is 68.7 cm³/mol. The highest BCUT2D eigenvalue weighted by molar-refractivity contribution is 6.15. The molecule has 96 valence electrons. The maximum atomic E-state index is 12.3. The Morgan fingerprint density at radius 3 is 1.79 bits per heavy atom. The molecule has 2 aromatic carbocycles. The average Bonchev–Trinajstić information content (AvgIpc) is 2.47. The maximum Gasteiger partial charge on any atom is 0.348 e. The number of hydrogen-bond donors (Lipinski definition) is 2. The first-order valence-corrected chi connectivity index (χ1v) is 5.68. The van der Waals surface area contributed by atoms with E-state index in [0.717, 1.165) is 0 Å². The Bertz CT molecular complexity index is 592. The molecule has 0 aliphatic carbocycles. The molecule has 0 aromatic heterocycles. The highest BCUT2D eigenvalue weighted by Crippen LogP contribution is 2.26. The molecule has 4 nitrogen and oxygen atoms in total. The van der Waals surface area contributed by atoms with Gasteiger partial charge in [-0.2, -0.15) is 0 Å². The molecule has 0 saturated heterocycles. The van der Waals surface area contributed by atoms with Crippen LogP contribution in [0.4, 0.5) is 0 Å². The molecular weight excluding hydrogens is 244 g/mol. The van der Waals surface area contributed by atoms with Gasteiger partial charge in [0, 0.05) is 11.1 Å². The van der Waals surface area contributed by atoms with Gasteiger partial charge in [-0.25, -0.2) is 4.79 Å². The van der Waals surface area contributed by atoms with E-state index in [2.05, 4.69) is 0 Å². The van der Waals surface area contributed by atoms with Crippen molar-refractivity contribution < 1.29 is 19.8 Å². The Morgan fingerprint density at radius 1 is 0.842 bits per heavy atom. The van der Waals surface area contributed by atoms with Gasteiger partial charge in [0.05, 0.1) is 0 Å². The van der Waals surface area contributed by atoms with Crippen LogP contribution < -0.4 is 0 Å². The molecule has 2 rings (SSSR count). The molecule has 4 heteroatoms. The van der Waals surface area contributed by atoms with Gasteiger partial charge in [0.2, 0.25) is 5.78 Å². The van der Waals surface area contributed by atoms with E-state index in [-0.39, 0.29) is 11.1 Å². The van der Waals surface area contributed by atoms with E-state index in [0.29, 0.717) is 0 Å². The first-order chi connectivity index (χ1) is 9.06. The van der Waals surface area contributed by atoms with Crippen molar-refractivity contribution in [3.05, 3.63) is 71.8 Å². The number of carboxylic acids is 1. The third kappa shape index (κ3) is 2.26. The zero-order chi connectivity index (χ0) is 13.9. The third-order valence-corrected chi connectivity index (χ3v) is 2.87. The third-order valence-electron chi connectivity index (χ3n) is 2.87. The molecule has 0 bridgehead atoms. The van der Waals surface area contributed by atoms with Crippen molar-refractivity contribution in [2.24, 2.45) is 0 Å². The molecule has 1 atom stereocenters. The molecule has 2 aromatic rings. The van der Waals surface area contributed by atoms with Gasteiger partial charge < -0.3 is 10.2 Å². The SMILES string of the molecule is O=C(O)[C@](O)(C(=O)c1ccccc1)c1ccccc1. The van der Waals surface area contributed by atoms with Crippen LogP contribution in [0.2, 0.25) is 0 Å². The summed E-state index contributed by atoms with van der Waals surface area (Å²) in [6.07, 6.45) is 0. The molecule has 0 saturated carbocycles. The number of benzene rings is 2. The number of carboxylic acid groups (broad SMARTS) is 1. The number of rotatable bonds is 4. The normalized spacial score (nSPS) is 13.5. The van der Waals surface area contributed by atoms with Crippen molar-refractivity contribution in [3.63, 3.8) is 0 Å². The fraction of sp³-hybridized carbons (Fsp3) is 0.0667. The standard InChI is InChI=1S/C15H12O4/c16-13(11-7-3-1-4-8-11)15(19,14(17)18)12-9-5-2-6-10-12/h1-10,19H,(H,17,18)/t15-/m1/s1. The monoisotopic (exact) mass is 256 g/mol. The molecule has 2 N–H and O–H groups in total. The summed E-state index contributed by atoms with van der Waals surface area (Å²) in [7, 11) is 0. The van der Waals surface area contributed by atoms with Gasteiger partial charge in [-0.3, -0.25) is 4.79 Å². The number of hydrogen-bond acceptors (Lipinski definition) is 3. The van der Waals surface area contributed by atoms with Gasteiger partial charge in [-0.05, 0) is 0 Å². The highest BCUT2D eigenvalue weighted by Gasteiger charge is 2.46. The summed E-state index contributed by atoms with van der Waals surface area (Å²) in [5, 5.41) is 19.6. The topological polar surface area (TPSA) is 74.6 Å². The Kier molecular flexibility index (Phi) is 3.44. The lowest BCUT2D eigenvalue weighted by atomic mass is 9.86. The summed E-state index contributed by atoms with van der Waals surface area (Å²) in [5.41, 5.74) is -2.38. The summed E-state index contributed by atoms with van der Waals surface area (Å²) >= 11 is 0. The number of aliphatic hydroxyl groups is 1. The number of aliphatic carboxylic acids is 1. The Morgan fingerprint density at radius 2 is 1.32 bits per heavy atom. The zero-order valence-electron chi connectivity index (χ0n) is 9.98. The predicted octanol–water partition coefficient (Wildman–Crippen LogP) is 1.84. The second kappa shape index (κ2) is 5.04. The van der Waals surface area contributed by atoms with E-state index in [1.807, 2.05) is 0 Å². The number of ketones is 1. The minimum Gasteiger partial charge on any atom is -0.478 e. The lowest BCUT2D eigenvalue weighted by Gasteiger charge is -2.22. The Hall–Kier alpha value is -2.46. The van der Waals surface area contributed by atoms with Crippen molar-refractivity contribution in [1.82, 2.24) is 0 Å². The number of Topliss-reactive ketones (excluding diaryl/α,β-unsaturated/α-hetero) is 1. The van der Waals surface area contributed by atoms with Crippen molar-refractivity contribution >= 4 is 11.8 Å². The zero-order valence-corrected chi connectivity index (χ0v) is 9.98. The Labute approximate surface area is 109 Å². The van der Waals surface area contributed by atoms with Gasteiger partial charge in [0.1, 0.15) is 0 Å². The maximum absolute atomic E-state index is 12.3. The van der Waals surface area contributed by atoms with Gasteiger partial charge in [0.25, 0.3) is 5.60 Å². The van der Waals surface area contributed by atoms with Crippen LogP contribution in [0.1, 0.15) is 15.9 Å². The second-order valence-corrected chi connectivity index (χ2v) is 4.08. The van der Waals surface area contributed by atoms with Gasteiger partial charge in [-0.1, -0.05) is 60.7 Å². The fourth-order valence-corrected chi connectivity index (χ4v) is 1.83. The van der Waals surface area contributed by atoms with Crippen molar-refractivity contribution in [1.29, 1.82) is 0 Å². The largest absolute Gasteiger partial charge is 0.478 e. The van der Waals surface area contributed by atoms with E-state index >= 15 is 0 Å².